The zero-order chi connectivity index (χ0) is 12.0. The van der Waals surface area contributed by atoms with Gasteiger partial charge in [0.1, 0.15) is 12.4 Å². The van der Waals surface area contributed by atoms with E-state index in [-0.39, 0.29) is 18.2 Å². The minimum Gasteiger partial charge on any atom is -0.382 e. The Bertz CT molecular complexity index is 363. The van der Waals surface area contributed by atoms with E-state index in [4.69, 9.17) is 9.47 Å². The average molecular weight is 226 g/mol. The van der Waals surface area contributed by atoms with Gasteiger partial charge < -0.3 is 9.47 Å². The van der Waals surface area contributed by atoms with E-state index in [1.165, 1.54) is 18.2 Å². The minimum atomic E-state index is -0.308. The minimum absolute atomic E-state index is 0.00552. The van der Waals surface area contributed by atoms with E-state index in [2.05, 4.69) is 0 Å². The second kappa shape index (κ2) is 6.35. The third-order valence-electron chi connectivity index (χ3n) is 2.14. The molecule has 0 atom stereocenters. The maximum Gasteiger partial charge on any atom is 0.188 e. The molecule has 0 saturated heterocycles. The molecule has 0 bridgehead atoms. The number of carbonyl (C=O) groups excluding carboxylic acids is 1. The number of ether oxygens (including phenoxy) is 2. The molecule has 3 nitrogen and oxygen atoms in total. The van der Waals surface area contributed by atoms with Crippen LogP contribution in [0.1, 0.15) is 15.9 Å². The van der Waals surface area contributed by atoms with Crippen molar-refractivity contribution in [3.63, 3.8) is 0 Å². The number of halogens is 1. The van der Waals surface area contributed by atoms with Gasteiger partial charge in [-0.3, -0.25) is 4.79 Å². The second-order valence-corrected chi connectivity index (χ2v) is 3.43. The smallest absolute Gasteiger partial charge is 0.188 e. The second-order valence-electron chi connectivity index (χ2n) is 3.43. The van der Waals surface area contributed by atoms with E-state index in [0.29, 0.717) is 24.3 Å². The monoisotopic (exact) mass is 226 g/mol. The standard InChI is InChI=1S/C12H15FO3/c1-9-7-10(3-4-11(9)13)12(14)8-16-6-5-15-2/h3-4,7H,5-6,8H2,1-2H3. The van der Waals surface area contributed by atoms with Crippen LogP contribution in [0.25, 0.3) is 0 Å². The van der Waals surface area contributed by atoms with Crippen LogP contribution in [0, 0.1) is 12.7 Å². The first-order chi connectivity index (χ1) is 7.65. The third-order valence-corrected chi connectivity index (χ3v) is 2.14. The van der Waals surface area contributed by atoms with Gasteiger partial charge in [-0.1, -0.05) is 0 Å². The van der Waals surface area contributed by atoms with Gasteiger partial charge in [-0.2, -0.15) is 0 Å². The highest BCUT2D eigenvalue weighted by Gasteiger charge is 2.07. The van der Waals surface area contributed by atoms with Gasteiger partial charge in [-0.25, -0.2) is 4.39 Å². The molecule has 0 N–H and O–H groups in total. The molecule has 0 amide bonds. The van der Waals surface area contributed by atoms with Gasteiger partial charge in [-0.15, -0.1) is 0 Å². The molecule has 0 saturated carbocycles. The predicted molar refractivity (Wildman–Crippen MR) is 58.2 cm³/mol. The summed E-state index contributed by atoms with van der Waals surface area (Å²) in [6, 6.07) is 4.28. The molecule has 0 fully saturated rings. The maximum absolute atomic E-state index is 13.0. The van der Waals surface area contributed by atoms with Crippen LogP contribution in [0.3, 0.4) is 0 Å². The Labute approximate surface area is 94.2 Å². The number of aryl methyl sites for hydroxylation is 1. The van der Waals surface area contributed by atoms with E-state index < -0.39 is 0 Å². The predicted octanol–water partition coefficient (Wildman–Crippen LogP) is 1.98. The third kappa shape index (κ3) is 3.72. The molecule has 0 aromatic heterocycles. The van der Waals surface area contributed by atoms with Gasteiger partial charge in [0.2, 0.25) is 0 Å². The quantitative estimate of drug-likeness (QED) is 0.549. The summed E-state index contributed by atoms with van der Waals surface area (Å²) in [6.07, 6.45) is 0. The Morgan fingerprint density at radius 1 is 1.38 bits per heavy atom. The van der Waals surface area contributed by atoms with Gasteiger partial charge in [0.15, 0.2) is 5.78 Å². The van der Waals surface area contributed by atoms with Gasteiger partial charge in [0.25, 0.3) is 0 Å². The summed E-state index contributed by atoms with van der Waals surface area (Å²) in [4.78, 5) is 11.6. The first kappa shape index (κ1) is 12.8. The van der Waals surface area contributed by atoms with Crippen molar-refractivity contribution in [3.05, 3.63) is 35.1 Å². The molecule has 4 heteroatoms. The molecule has 16 heavy (non-hydrogen) atoms. The molecule has 0 radical (unpaired) electrons. The van der Waals surface area contributed by atoms with Crippen LogP contribution in [-0.4, -0.2) is 32.7 Å². The van der Waals surface area contributed by atoms with E-state index in [1.54, 1.807) is 14.0 Å². The SMILES string of the molecule is COCCOCC(=O)c1ccc(F)c(C)c1. The van der Waals surface area contributed by atoms with E-state index in [1.807, 2.05) is 0 Å². The fourth-order valence-corrected chi connectivity index (χ4v) is 1.21. The van der Waals surface area contributed by atoms with Gasteiger partial charge in [0, 0.05) is 12.7 Å². The molecule has 0 heterocycles. The molecular formula is C12H15FO3. The number of Topliss-reactive ketones (excluding diaryl/α,β-unsaturated/α-hetero) is 1. The number of benzene rings is 1. The highest BCUT2D eigenvalue weighted by Crippen LogP contribution is 2.09. The summed E-state index contributed by atoms with van der Waals surface area (Å²) in [6.45, 7) is 2.45. The summed E-state index contributed by atoms with van der Waals surface area (Å²) in [7, 11) is 1.56. The van der Waals surface area contributed by atoms with Crippen molar-refractivity contribution in [2.45, 2.75) is 6.92 Å². The topological polar surface area (TPSA) is 35.5 Å². The Hall–Kier alpha value is -1.26. The van der Waals surface area contributed by atoms with Crippen molar-refractivity contribution in [2.75, 3.05) is 26.9 Å². The first-order valence-electron chi connectivity index (χ1n) is 5.01. The number of rotatable bonds is 6. The molecule has 88 valence electrons. The molecular weight excluding hydrogens is 211 g/mol. The summed E-state index contributed by atoms with van der Waals surface area (Å²) in [5, 5.41) is 0. The Morgan fingerprint density at radius 2 is 2.12 bits per heavy atom. The molecule has 0 aliphatic carbocycles. The van der Waals surface area contributed by atoms with E-state index in [9.17, 15) is 9.18 Å². The van der Waals surface area contributed by atoms with E-state index in [0.717, 1.165) is 0 Å². The van der Waals surface area contributed by atoms with Gasteiger partial charge >= 0.3 is 0 Å². The zero-order valence-electron chi connectivity index (χ0n) is 9.46. The summed E-state index contributed by atoms with van der Waals surface area (Å²) in [5.74, 6) is -0.462. The lowest BCUT2D eigenvalue weighted by atomic mass is 10.1. The number of ketones is 1. The Balaban J connectivity index is 2.50. The number of hydrogen-bond donors (Lipinski definition) is 0. The largest absolute Gasteiger partial charge is 0.382 e. The molecule has 0 spiro atoms. The number of hydrogen-bond acceptors (Lipinski definition) is 3. The molecule has 0 aliphatic heterocycles. The Morgan fingerprint density at radius 3 is 2.75 bits per heavy atom. The van der Waals surface area contributed by atoms with Crippen LogP contribution < -0.4 is 0 Å². The summed E-state index contributed by atoms with van der Waals surface area (Å²) < 4.78 is 22.8. The van der Waals surface area contributed by atoms with Gasteiger partial charge in [-0.05, 0) is 30.7 Å². The van der Waals surface area contributed by atoms with E-state index >= 15 is 0 Å². The van der Waals surface area contributed by atoms with Crippen molar-refractivity contribution in [3.8, 4) is 0 Å². The lowest BCUT2D eigenvalue weighted by molar-refractivity contribution is 0.0576. The van der Waals surface area contributed by atoms with Crippen molar-refractivity contribution in [1.82, 2.24) is 0 Å². The fraction of sp³-hybridized carbons (Fsp3) is 0.417. The molecule has 0 aliphatic rings. The molecule has 1 aromatic carbocycles. The average Bonchev–Trinajstić information content (AvgIpc) is 2.28. The highest BCUT2D eigenvalue weighted by atomic mass is 19.1. The zero-order valence-corrected chi connectivity index (χ0v) is 9.46. The van der Waals surface area contributed by atoms with Gasteiger partial charge in [0.05, 0.1) is 13.2 Å². The van der Waals surface area contributed by atoms with Crippen molar-refractivity contribution < 1.29 is 18.7 Å². The Kier molecular flexibility index (Phi) is 5.08. The van der Waals surface area contributed by atoms with Crippen molar-refractivity contribution in [2.24, 2.45) is 0 Å². The number of methoxy groups -OCH3 is 1. The maximum atomic E-state index is 13.0. The summed E-state index contributed by atoms with van der Waals surface area (Å²) >= 11 is 0. The first-order valence-corrected chi connectivity index (χ1v) is 5.01. The summed E-state index contributed by atoms with van der Waals surface area (Å²) in [5.41, 5.74) is 0.930. The molecule has 0 unspecified atom stereocenters. The molecule has 1 rings (SSSR count). The lowest BCUT2D eigenvalue weighted by Crippen LogP contribution is -2.12. The van der Waals surface area contributed by atoms with Crippen molar-refractivity contribution >= 4 is 5.78 Å². The van der Waals surface area contributed by atoms with Crippen molar-refractivity contribution in [1.29, 1.82) is 0 Å². The van der Waals surface area contributed by atoms with Crippen LogP contribution in [0.15, 0.2) is 18.2 Å². The number of carbonyl (C=O) groups is 1. The fourth-order valence-electron chi connectivity index (χ4n) is 1.21. The van der Waals surface area contributed by atoms with Crippen LogP contribution in [-0.2, 0) is 9.47 Å². The highest BCUT2D eigenvalue weighted by molar-refractivity contribution is 5.97. The lowest BCUT2D eigenvalue weighted by Gasteiger charge is -2.04. The normalized spacial score (nSPS) is 10.4. The van der Waals surface area contributed by atoms with Crippen LogP contribution in [0.5, 0.6) is 0 Å². The van der Waals surface area contributed by atoms with Crippen LogP contribution >= 0.6 is 0 Å². The van der Waals surface area contributed by atoms with Crippen LogP contribution in [0.2, 0.25) is 0 Å². The van der Waals surface area contributed by atoms with Crippen LogP contribution in [0.4, 0.5) is 4.39 Å². The molecule has 1 aromatic rings.